The molecule has 0 aromatic heterocycles. The molecule has 1 atom stereocenters. The van der Waals surface area contributed by atoms with E-state index in [2.05, 4.69) is 11.8 Å². The molecule has 5 nitrogen and oxygen atoms in total. The fraction of sp³-hybridized carbons (Fsp3) is 0.462. The van der Waals surface area contributed by atoms with Crippen LogP contribution in [0.3, 0.4) is 0 Å². The highest BCUT2D eigenvalue weighted by molar-refractivity contribution is 8.00. The fourth-order valence-corrected chi connectivity index (χ4v) is 3.40. The first-order valence-electron chi connectivity index (χ1n) is 6.26. The molecule has 0 N–H and O–H groups in total. The van der Waals surface area contributed by atoms with E-state index < -0.39 is 4.92 Å². The first kappa shape index (κ1) is 13.9. The third kappa shape index (κ3) is 3.07. The number of non-ortho nitro benzene ring substituents is 1. The number of thioether (sulfide) groups is 1. The Morgan fingerprint density at radius 1 is 1.58 bits per heavy atom. The molecule has 0 saturated carbocycles. The second-order valence-corrected chi connectivity index (χ2v) is 5.87. The maximum atomic E-state index is 11.1. The summed E-state index contributed by atoms with van der Waals surface area (Å²) >= 11 is 1.94. The molecule has 2 rings (SSSR count). The Hall–Kier alpha value is -1.56. The van der Waals surface area contributed by atoms with Crippen LogP contribution >= 0.6 is 11.8 Å². The van der Waals surface area contributed by atoms with Crippen LogP contribution in [0, 0.1) is 10.1 Å². The lowest BCUT2D eigenvalue weighted by Gasteiger charge is -2.34. The third-order valence-corrected chi connectivity index (χ3v) is 4.66. The van der Waals surface area contributed by atoms with Gasteiger partial charge in [-0.15, -0.1) is 0 Å². The SMILES string of the molecule is CCC1CN(c2ccc([N+](=O)[O-])cc2C=O)CCS1. The summed E-state index contributed by atoms with van der Waals surface area (Å²) in [6, 6.07) is 4.50. The topological polar surface area (TPSA) is 63.4 Å². The number of carbonyl (C=O) groups is 1. The van der Waals surface area contributed by atoms with Crippen molar-refractivity contribution in [3.63, 3.8) is 0 Å². The molecule has 1 unspecified atom stereocenters. The maximum Gasteiger partial charge on any atom is 0.270 e. The molecule has 0 spiro atoms. The highest BCUT2D eigenvalue weighted by Gasteiger charge is 2.22. The molecule has 0 amide bonds. The van der Waals surface area contributed by atoms with Crippen molar-refractivity contribution in [3.05, 3.63) is 33.9 Å². The van der Waals surface area contributed by atoms with E-state index in [4.69, 9.17) is 0 Å². The first-order chi connectivity index (χ1) is 9.15. The number of nitrogens with zero attached hydrogens (tertiary/aromatic N) is 2. The summed E-state index contributed by atoms with van der Waals surface area (Å²) in [6.45, 7) is 3.91. The summed E-state index contributed by atoms with van der Waals surface area (Å²) in [5.74, 6) is 1.02. The zero-order chi connectivity index (χ0) is 13.8. The van der Waals surface area contributed by atoms with E-state index in [0.717, 1.165) is 31.0 Å². The monoisotopic (exact) mass is 280 g/mol. The summed E-state index contributed by atoms with van der Waals surface area (Å²) in [6.07, 6.45) is 1.79. The number of carbonyl (C=O) groups excluding carboxylic acids is 1. The van der Waals surface area contributed by atoms with Crippen LogP contribution in [0.25, 0.3) is 0 Å². The lowest BCUT2D eigenvalue weighted by atomic mass is 10.1. The molecule has 0 bridgehead atoms. The van der Waals surface area contributed by atoms with Gasteiger partial charge in [0.25, 0.3) is 5.69 Å². The van der Waals surface area contributed by atoms with Gasteiger partial charge in [-0.2, -0.15) is 11.8 Å². The van der Waals surface area contributed by atoms with Crippen LogP contribution in [0.4, 0.5) is 11.4 Å². The van der Waals surface area contributed by atoms with Gasteiger partial charge in [0.1, 0.15) is 0 Å². The van der Waals surface area contributed by atoms with Gasteiger partial charge in [-0.05, 0) is 12.5 Å². The van der Waals surface area contributed by atoms with Crippen molar-refractivity contribution < 1.29 is 9.72 Å². The summed E-state index contributed by atoms with van der Waals surface area (Å²) in [4.78, 5) is 23.5. The second kappa shape index (κ2) is 6.06. The number of nitro benzene ring substituents is 1. The van der Waals surface area contributed by atoms with E-state index in [1.165, 1.54) is 12.1 Å². The molecule has 1 heterocycles. The summed E-state index contributed by atoms with van der Waals surface area (Å²) < 4.78 is 0. The Balaban J connectivity index is 2.28. The van der Waals surface area contributed by atoms with Crippen LogP contribution in [0.2, 0.25) is 0 Å². The molecule has 19 heavy (non-hydrogen) atoms. The van der Waals surface area contributed by atoms with Crippen molar-refractivity contribution in [1.29, 1.82) is 0 Å². The minimum atomic E-state index is -0.475. The zero-order valence-electron chi connectivity index (χ0n) is 10.7. The number of hydrogen-bond donors (Lipinski definition) is 0. The van der Waals surface area contributed by atoms with Gasteiger partial charge in [0.2, 0.25) is 0 Å². The Morgan fingerprint density at radius 2 is 2.37 bits per heavy atom. The predicted molar refractivity (Wildman–Crippen MR) is 77.2 cm³/mol. The Bertz CT molecular complexity index is 493. The first-order valence-corrected chi connectivity index (χ1v) is 7.30. The van der Waals surface area contributed by atoms with E-state index >= 15 is 0 Å². The van der Waals surface area contributed by atoms with Crippen LogP contribution in [0.1, 0.15) is 23.7 Å². The smallest absolute Gasteiger partial charge is 0.270 e. The Morgan fingerprint density at radius 3 is 3.00 bits per heavy atom. The van der Waals surface area contributed by atoms with Crippen molar-refractivity contribution in [2.24, 2.45) is 0 Å². The number of hydrogen-bond acceptors (Lipinski definition) is 5. The molecule has 0 radical (unpaired) electrons. The molecule has 1 aliphatic rings. The second-order valence-electron chi connectivity index (χ2n) is 4.47. The van der Waals surface area contributed by atoms with Gasteiger partial charge in [-0.25, -0.2) is 0 Å². The van der Waals surface area contributed by atoms with Crippen molar-refractivity contribution in [1.82, 2.24) is 0 Å². The fourth-order valence-electron chi connectivity index (χ4n) is 2.22. The Labute approximate surface area is 116 Å². The minimum absolute atomic E-state index is 0.0377. The zero-order valence-corrected chi connectivity index (χ0v) is 11.6. The van der Waals surface area contributed by atoms with E-state index in [1.54, 1.807) is 6.07 Å². The van der Waals surface area contributed by atoms with Crippen molar-refractivity contribution in [3.8, 4) is 0 Å². The van der Waals surface area contributed by atoms with Crippen molar-refractivity contribution in [2.45, 2.75) is 18.6 Å². The number of aldehydes is 1. The largest absolute Gasteiger partial charge is 0.369 e. The highest BCUT2D eigenvalue weighted by Crippen LogP contribution is 2.29. The lowest BCUT2D eigenvalue weighted by Crippen LogP contribution is -2.38. The third-order valence-electron chi connectivity index (χ3n) is 3.28. The van der Waals surface area contributed by atoms with E-state index in [-0.39, 0.29) is 5.69 Å². The van der Waals surface area contributed by atoms with Crippen LogP contribution in [-0.4, -0.2) is 35.3 Å². The number of rotatable bonds is 4. The molecule has 0 aliphatic carbocycles. The van der Waals surface area contributed by atoms with E-state index in [0.29, 0.717) is 17.1 Å². The van der Waals surface area contributed by atoms with Gasteiger partial charge < -0.3 is 4.90 Å². The van der Waals surface area contributed by atoms with Crippen molar-refractivity contribution >= 4 is 29.4 Å². The average molecular weight is 280 g/mol. The van der Waals surface area contributed by atoms with Gasteiger partial charge in [-0.3, -0.25) is 14.9 Å². The number of nitro groups is 1. The van der Waals surface area contributed by atoms with Gasteiger partial charge >= 0.3 is 0 Å². The van der Waals surface area contributed by atoms with Crippen LogP contribution in [0.15, 0.2) is 18.2 Å². The predicted octanol–water partition coefficient (Wildman–Crippen LogP) is 2.74. The van der Waals surface area contributed by atoms with Crippen molar-refractivity contribution in [2.75, 3.05) is 23.7 Å². The normalized spacial score (nSPS) is 19.2. The van der Waals surface area contributed by atoms with Gasteiger partial charge in [0.05, 0.1) is 4.92 Å². The quantitative estimate of drug-likeness (QED) is 0.482. The van der Waals surface area contributed by atoms with Gasteiger partial charge in [0, 0.05) is 47.5 Å². The van der Waals surface area contributed by atoms with Gasteiger partial charge in [-0.1, -0.05) is 6.92 Å². The summed E-state index contributed by atoms with van der Waals surface area (Å²) in [7, 11) is 0. The molecule has 1 saturated heterocycles. The van der Waals surface area contributed by atoms with Crippen LogP contribution in [-0.2, 0) is 0 Å². The minimum Gasteiger partial charge on any atom is -0.369 e. The van der Waals surface area contributed by atoms with E-state index in [1.807, 2.05) is 11.8 Å². The molecular formula is C13H16N2O3S. The maximum absolute atomic E-state index is 11.1. The molecule has 1 fully saturated rings. The summed E-state index contributed by atoms with van der Waals surface area (Å²) in [5, 5.41) is 11.3. The molecule has 1 aliphatic heterocycles. The van der Waals surface area contributed by atoms with Crippen LogP contribution < -0.4 is 4.90 Å². The molecule has 1 aromatic rings. The average Bonchev–Trinajstić information content (AvgIpc) is 2.46. The number of benzene rings is 1. The molecule has 102 valence electrons. The standard InChI is InChI=1S/C13H16N2O3S/c1-2-12-8-14(5-6-19-12)13-4-3-11(15(17)18)7-10(13)9-16/h3-4,7,9,12H,2,5-6,8H2,1H3. The summed E-state index contributed by atoms with van der Waals surface area (Å²) in [5.41, 5.74) is 1.17. The molecular weight excluding hydrogens is 264 g/mol. The van der Waals surface area contributed by atoms with Gasteiger partial charge in [0.15, 0.2) is 6.29 Å². The lowest BCUT2D eigenvalue weighted by molar-refractivity contribution is -0.384. The number of anilines is 1. The molecule has 6 heteroatoms. The Kier molecular flexibility index (Phi) is 4.42. The highest BCUT2D eigenvalue weighted by atomic mass is 32.2. The molecule has 1 aromatic carbocycles. The van der Waals surface area contributed by atoms with Crippen LogP contribution in [0.5, 0.6) is 0 Å². The van der Waals surface area contributed by atoms with E-state index in [9.17, 15) is 14.9 Å².